The number of guanidine groups is 1. The van der Waals surface area contributed by atoms with E-state index in [1.165, 1.54) is 82.9 Å². The predicted octanol–water partition coefficient (Wildman–Crippen LogP) is 2.59. The number of anilines is 1. The Morgan fingerprint density at radius 3 is 2.02 bits per heavy atom. The predicted molar refractivity (Wildman–Crippen MR) is 182 cm³/mol. The summed E-state index contributed by atoms with van der Waals surface area (Å²) in [6.07, 6.45) is 15.6. The Morgan fingerprint density at radius 2 is 1.51 bits per heavy atom. The lowest BCUT2D eigenvalue weighted by Gasteiger charge is -2.19. The van der Waals surface area contributed by atoms with E-state index in [0.717, 1.165) is 30.3 Å². The maximum atomic E-state index is 13.1. The Balaban J connectivity index is 1.75. The second-order valence-electron chi connectivity index (χ2n) is 12.5. The Bertz CT molecular complexity index is 1130. The molecule has 0 aliphatic carbocycles. The molecule has 2 rings (SSSR count). The molecule has 1 aromatic heterocycles. The second kappa shape index (κ2) is 23.3. The van der Waals surface area contributed by atoms with Crippen molar-refractivity contribution in [3.8, 4) is 0 Å². The minimum absolute atomic E-state index is 0.0612. The molecule has 14 nitrogen and oxygen atoms in total. The van der Waals surface area contributed by atoms with Gasteiger partial charge in [0.25, 0.3) is 0 Å². The third-order valence-electron chi connectivity index (χ3n) is 8.48. The first-order chi connectivity index (χ1) is 22.7. The zero-order valence-electron chi connectivity index (χ0n) is 28.2. The number of aliphatic hydroxyl groups excluding tert-OH is 3. The van der Waals surface area contributed by atoms with Crippen LogP contribution in [-0.4, -0.2) is 80.1 Å². The van der Waals surface area contributed by atoms with Gasteiger partial charge in [-0.3, -0.25) is 19.1 Å². The number of aliphatic hydroxyl groups is 3. The minimum atomic E-state index is -1.46. The average Bonchev–Trinajstić information content (AvgIpc) is 3.32. The molecule has 9 N–H and O–H groups in total. The van der Waals surface area contributed by atoms with E-state index in [-0.39, 0.29) is 30.7 Å². The number of carbonyl (C=O) groups excluding carboxylic acids is 2. The summed E-state index contributed by atoms with van der Waals surface area (Å²) in [5, 5.41) is 34.9. The van der Waals surface area contributed by atoms with Gasteiger partial charge in [0, 0.05) is 19.2 Å². The zero-order chi connectivity index (χ0) is 34.4. The molecule has 14 heteroatoms. The van der Waals surface area contributed by atoms with Crippen molar-refractivity contribution in [3.05, 3.63) is 22.7 Å². The molecular weight excluding hydrogens is 606 g/mol. The molecule has 5 atom stereocenters. The van der Waals surface area contributed by atoms with Gasteiger partial charge in [0.05, 0.1) is 6.61 Å². The lowest BCUT2D eigenvalue weighted by atomic mass is 10.0. The van der Waals surface area contributed by atoms with Crippen LogP contribution in [-0.2, 0) is 14.3 Å². The lowest BCUT2D eigenvalue weighted by molar-refractivity contribution is -0.126. The van der Waals surface area contributed by atoms with Gasteiger partial charge < -0.3 is 42.2 Å². The summed E-state index contributed by atoms with van der Waals surface area (Å²) in [6.45, 7) is 1.98. The number of rotatable bonds is 25. The summed E-state index contributed by atoms with van der Waals surface area (Å²) in [6, 6.07) is 0.430. The number of hydrogen-bond donors (Lipinski definition) is 7. The summed E-state index contributed by atoms with van der Waals surface area (Å²) in [5.74, 6) is -0.928. The van der Waals surface area contributed by atoms with Crippen molar-refractivity contribution in [2.75, 3.05) is 18.5 Å². The highest BCUT2D eigenvalue weighted by Crippen LogP contribution is 2.28. The van der Waals surface area contributed by atoms with Gasteiger partial charge in [-0.1, -0.05) is 96.8 Å². The lowest BCUT2D eigenvalue weighted by Crippen LogP contribution is -2.44. The number of ether oxygens (including phenoxy) is 1. The van der Waals surface area contributed by atoms with E-state index < -0.39 is 48.8 Å². The minimum Gasteiger partial charge on any atom is -0.394 e. The van der Waals surface area contributed by atoms with Crippen molar-refractivity contribution < 1.29 is 29.6 Å². The number of carbonyl (C=O) groups is 2. The van der Waals surface area contributed by atoms with Crippen molar-refractivity contribution in [2.45, 2.75) is 153 Å². The van der Waals surface area contributed by atoms with E-state index in [2.05, 4.69) is 27.5 Å². The SMILES string of the molecule is CCCCCCCCCCCCCCCCCC(=O)N[C@@H](CCCN=C(N)N)C(=O)Nc1ccn([C@H]2O[C@@H](CO)[C@H](O)[C@H]2O)c(=O)n1. The summed E-state index contributed by atoms with van der Waals surface area (Å²) in [7, 11) is 0. The van der Waals surface area contributed by atoms with E-state index in [4.69, 9.17) is 16.2 Å². The molecule has 268 valence electrons. The van der Waals surface area contributed by atoms with Crippen LogP contribution in [0.1, 0.15) is 129 Å². The smallest absolute Gasteiger partial charge is 0.351 e. The summed E-state index contributed by atoms with van der Waals surface area (Å²) in [4.78, 5) is 46.3. The molecule has 0 aromatic carbocycles. The highest BCUT2D eigenvalue weighted by Gasteiger charge is 2.43. The van der Waals surface area contributed by atoms with E-state index in [0.29, 0.717) is 12.8 Å². The summed E-state index contributed by atoms with van der Waals surface area (Å²) < 4.78 is 6.34. The number of amides is 2. The maximum absolute atomic E-state index is 13.1. The van der Waals surface area contributed by atoms with Crippen LogP contribution in [0.4, 0.5) is 5.82 Å². The molecular formula is C33H59N7O7. The van der Waals surface area contributed by atoms with Gasteiger partial charge in [-0.15, -0.1) is 0 Å². The number of hydrogen-bond acceptors (Lipinski definition) is 9. The van der Waals surface area contributed by atoms with Gasteiger partial charge in [0.2, 0.25) is 11.8 Å². The fourth-order valence-electron chi connectivity index (χ4n) is 5.69. The molecule has 0 bridgehead atoms. The third-order valence-corrected chi connectivity index (χ3v) is 8.48. The van der Waals surface area contributed by atoms with Crippen LogP contribution in [0.5, 0.6) is 0 Å². The van der Waals surface area contributed by atoms with E-state index in [1.807, 2.05) is 0 Å². The second-order valence-corrected chi connectivity index (χ2v) is 12.5. The molecule has 1 aliphatic heterocycles. The van der Waals surface area contributed by atoms with E-state index in [1.54, 1.807) is 0 Å². The van der Waals surface area contributed by atoms with Crippen LogP contribution in [0.3, 0.4) is 0 Å². The van der Waals surface area contributed by atoms with Crippen LogP contribution in [0.25, 0.3) is 0 Å². The monoisotopic (exact) mass is 665 g/mol. The van der Waals surface area contributed by atoms with Crippen molar-refractivity contribution >= 4 is 23.6 Å². The van der Waals surface area contributed by atoms with Gasteiger partial charge in [-0.05, 0) is 25.3 Å². The fraction of sp³-hybridized carbons (Fsp3) is 0.788. The zero-order valence-corrected chi connectivity index (χ0v) is 28.2. The quantitative estimate of drug-likeness (QED) is 0.0459. The Morgan fingerprint density at radius 1 is 0.936 bits per heavy atom. The number of aromatic nitrogens is 2. The average molecular weight is 666 g/mol. The largest absolute Gasteiger partial charge is 0.394 e. The number of unbranched alkanes of at least 4 members (excludes halogenated alkanes) is 14. The van der Waals surface area contributed by atoms with E-state index >= 15 is 0 Å². The number of nitrogens with zero attached hydrogens (tertiary/aromatic N) is 3. The molecule has 0 radical (unpaired) electrons. The van der Waals surface area contributed by atoms with Gasteiger partial charge in [-0.25, -0.2) is 4.79 Å². The number of nitrogens with two attached hydrogens (primary N) is 2. The highest BCUT2D eigenvalue weighted by atomic mass is 16.6. The van der Waals surface area contributed by atoms with Crippen LogP contribution in [0, 0.1) is 0 Å². The fourth-order valence-corrected chi connectivity index (χ4v) is 5.69. The van der Waals surface area contributed by atoms with Crippen LogP contribution < -0.4 is 27.8 Å². The molecule has 1 saturated heterocycles. The van der Waals surface area contributed by atoms with Crippen LogP contribution in [0.2, 0.25) is 0 Å². The van der Waals surface area contributed by atoms with Gasteiger partial charge in [-0.2, -0.15) is 4.98 Å². The molecule has 2 amide bonds. The topological polar surface area (TPSA) is 227 Å². The first-order valence-electron chi connectivity index (χ1n) is 17.5. The summed E-state index contributed by atoms with van der Waals surface area (Å²) in [5.41, 5.74) is 9.93. The van der Waals surface area contributed by atoms with Crippen molar-refractivity contribution in [3.63, 3.8) is 0 Å². The van der Waals surface area contributed by atoms with Crippen molar-refractivity contribution in [1.29, 1.82) is 0 Å². The Kier molecular flexibility index (Phi) is 19.9. The number of nitrogens with one attached hydrogen (secondary N) is 2. The summed E-state index contributed by atoms with van der Waals surface area (Å²) >= 11 is 0. The highest BCUT2D eigenvalue weighted by molar-refractivity contribution is 5.96. The maximum Gasteiger partial charge on any atom is 0.351 e. The van der Waals surface area contributed by atoms with Gasteiger partial charge in [0.1, 0.15) is 30.2 Å². The third kappa shape index (κ3) is 15.6. The van der Waals surface area contributed by atoms with Crippen molar-refractivity contribution in [1.82, 2.24) is 14.9 Å². The molecule has 47 heavy (non-hydrogen) atoms. The van der Waals surface area contributed by atoms with Gasteiger partial charge in [0.15, 0.2) is 12.2 Å². The molecule has 0 unspecified atom stereocenters. The standard InChI is InChI=1S/C33H59N7O7/c1-2-3-4-5-6-7-8-9-10-11-12-13-14-15-16-19-27(42)37-24(18-17-21-36-32(34)35)30(45)38-26-20-22-40(33(46)39-26)31-29(44)28(43)25(23-41)47-31/h20,22,24-25,28-29,31,41,43-44H,2-19,21,23H2,1H3,(H,37,42)(H4,34,35,36)(H,38,39,45,46)/t24-,25-,28-,29+,31-/m0/s1. The first-order valence-corrected chi connectivity index (χ1v) is 17.5. The Labute approximate surface area is 278 Å². The van der Waals surface area contributed by atoms with Crippen LogP contribution >= 0.6 is 0 Å². The molecule has 0 saturated carbocycles. The van der Waals surface area contributed by atoms with E-state index in [9.17, 15) is 29.7 Å². The molecule has 0 spiro atoms. The molecule has 1 fully saturated rings. The Hall–Kier alpha value is -3.07. The normalized spacial score (nSPS) is 19.7. The molecule has 1 aromatic rings. The molecule has 2 heterocycles. The number of aliphatic imine (C=N–C) groups is 1. The van der Waals surface area contributed by atoms with Crippen LogP contribution in [0.15, 0.2) is 22.1 Å². The van der Waals surface area contributed by atoms with Gasteiger partial charge >= 0.3 is 5.69 Å². The van der Waals surface area contributed by atoms with Crippen molar-refractivity contribution in [2.24, 2.45) is 16.5 Å². The molecule has 1 aliphatic rings. The first kappa shape index (κ1) is 40.1.